The van der Waals surface area contributed by atoms with Crippen LogP contribution in [0.25, 0.3) is 0 Å². The zero-order valence-corrected chi connectivity index (χ0v) is 8.21. The smallest absolute Gasteiger partial charge is 0.0545 e. The van der Waals surface area contributed by atoms with Crippen LogP contribution in [0.5, 0.6) is 0 Å². The van der Waals surface area contributed by atoms with E-state index >= 15 is 0 Å². The van der Waals surface area contributed by atoms with Crippen LogP contribution in [0, 0.1) is 17.3 Å². The quantitative estimate of drug-likeness (QED) is 0.589. The van der Waals surface area contributed by atoms with Crippen LogP contribution in [-0.4, -0.2) is 11.2 Å². The predicted octanol–water partition coefficient (Wildman–Crippen LogP) is 2.58. The van der Waals surface area contributed by atoms with Crippen molar-refractivity contribution in [2.75, 3.05) is 0 Å². The van der Waals surface area contributed by atoms with Gasteiger partial charge in [-0.2, -0.15) is 0 Å². The molecule has 1 N–H and O–H groups in total. The molecule has 0 radical (unpaired) electrons. The van der Waals surface area contributed by atoms with Gasteiger partial charge in [-0.25, -0.2) is 0 Å². The minimum absolute atomic E-state index is 0.0221. The zero-order valence-electron chi connectivity index (χ0n) is 8.21. The molecule has 2 rings (SSSR count). The fraction of sp³-hybridized carbons (Fsp3) is 1.00. The summed E-state index contributed by atoms with van der Waals surface area (Å²) in [5, 5.41) is 9.53. The molecule has 2 aliphatic carbocycles. The lowest BCUT2D eigenvalue weighted by Crippen LogP contribution is -2.26. The van der Waals surface area contributed by atoms with E-state index in [1.807, 2.05) is 0 Å². The molecule has 0 aromatic heterocycles. The molecular formula is C11H20O. The standard InChI is InChI=1S/C11H20O/c1-11(2)4-3-8-5-10(12)6-9(8)7-11/h8-10,12H,3-7H2,1-2H3. The molecule has 70 valence electrons. The van der Waals surface area contributed by atoms with Crippen LogP contribution in [0.3, 0.4) is 0 Å². The van der Waals surface area contributed by atoms with Gasteiger partial charge in [0, 0.05) is 0 Å². The molecule has 0 bridgehead atoms. The molecule has 3 atom stereocenters. The van der Waals surface area contributed by atoms with Crippen molar-refractivity contribution in [3.05, 3.63) is 0 Å². The van der Waals surface area contributed by atoms with Gasteiger partial charge in [0.1, 0.15) is 0 Å². The van der Waals surface area contributed by atoms with E-state index in [1.165, 1.54) is 19.3 Å². The van der Waals surface area contributed by atoms with Gasteiger partial charge in [0.15, 0.2) is 0 Å². The first-order chi connectivity index (χ1) is 5.57. The third kappa shape index (κ3) is 1.52. The highest BCUT2D eigenvalue weighted by atomic mass is 16.3. The van der Waals surface area contributed by atoms with Gasteiger partial charge in [-0.05, 0) is 49.4 Å². The van der Waals surface area contributed by atoms with Crippen LogP contribution in [0.4, 0.5) is 0 Å². The summed E-state index contributed by atoms with van der Waals surface area (Å²) >= 11 is 0. The maximum absolute atomic E-state index is 9.53. The Morgan fingerprint density at radius 1 is 1.17 bits per heavy atom. The summed E-state index contributed by atoms with van der Waals surface area (Å²) in [6.45, 7) is 4.74. The maximum Gasteiger partial charge on any atom is 0.0545 e. The molecule has 0 heterocycles. The van der Waals surface area contributed by atoms with Crippen molar-refractivity contribution in [1.29, 1.82) is 0 Å². The molecule has 2 aliphatic rings. The topological polar surface area (TPSA) is 20.2 Å². The molecule has 12 heavy (non-hydrogen) atoms. The third-order valence-electron chi connectivity index (χ3n) is 3.82. The highest BCUT2D eigenvalue weighted by molar-refractivity contribution is 4.91. The number of hydrogen-bond acceptors (Lipinski definition) is 1. The van der Waals surface area contributed by atoms with Gasteiger partial charge < -0.3 is 5.11 Å². The van der Waals surface area contributed by atoms with Gasteiger partial charge in [0.05, 0.1) is 6.10 Å². The van der Waals surface area contributed by atoms with Crippen LogP contribution >= 0.6 is 0 Å². The van der Waals surface area contributed by atoms with Crippen molar-refractivity contribution in [1.82, 2.24) is 0 Å². The molecule has 0 spiro atoms. The van der Waals surface area contributed by atoms with Gasteiger partial charge in [0.2, 0.25) is 0 Å². The Hall–Kier alpha value is -0.0400. The average molecular weight is 168 g/mol. The second-order valence-electron chi connectivity index (χ2n) is 5.55. The van der Waals surface area contributed by atoms with E-state index in [0.29, 0.717) is 5.41 Å². The molecule has 1 nitrogen and oxygen atoms in total. The largest absolute Gasteiger partial charge is 0.393 e. The normalized spacial score (nSPS) is 45.8. The van der Waals surface area contributed by atoms with Crippen LogP contribution in [0.15, 0.2) is 0 Å². The van der Waals surface area contributed by atoms with E-state index in [4.69, 9.17) is 0 Å². The molecule has 0 aliphatic heterocycles. The van der Waals surface area contributed by atoms with E-state index in [9.17, 15) is 5.11 Å². The minimum Gasteiger partial charge on any atom is -0.393 e. The lowest BCUT2D eigenvalue weighted by atomic mass is 9.68. The van der Waals surface area contributed by atoms with E-state index in [0.717, 1.165) is 24.7 Å². The Bertz CT molecular complexity index is 174. The predicted molar refractivity (Wildman–Crippen MR) is 49.9 cm³/mol. The lowest BCUT2D eigenvalue weighted by Gasteiger charge is -2.37. The Morgan fingerprint density at radius 3 is 2.58 bits per heavy atom. The van der Waals surface area contributed by atoms with Gasteiger partial charge in [-0.1, -0.05) is 13.8 Å². The molecule has 3 unspecified atom stereocenters. The highest BCUT2D eigenvalue weighted by Gasteiger charge is 2.40. The Morgan fingerprint density at radius 2 is 1.83 bits per heavy atom. The summed E-state index contributed by atoms with van der Waals surface area (Å²) < 4.78 is 0. The van der Waals surface area contributed by atoms with E-state index in [-0.39, 0.29) is 6.10 Å². The number of hydrogen-bond donors (Lipinski definition) is 1. The molecule has 0 saturated heterocycles. The Balaban J connectivity index is 2.02. The van der Waals surface area contributed by atoms with Crippen molar-refractivity contribution < 1.29 is 5.11 Å². The number of aliphatic hydroxyl groups excluding tert-OH is 1. The van der Waals surface area contributed by atoms with Crippen molar-refractivity contribution in [2.45, 2.75) is 52.1 Å². The molecular weight excluding hydrogens is 148 g/mol. The van der Waals surface area contributed by atoms with Crippen LogP contribution < -0.4 is 0 Å². The molecule has 1 heteroatoms. The fourth-order valence-corrected chi connectivity index (χ4v) is 3.17. The molecule has 0 aromatic carbocycles. The van der Waals surface area contributed by atoms with E-state index in [2.05, 4.69) is 13.8 Å². The molecule has 2 saturated carbocycles. The molecule has 2 fully saturated rings. The summed E-state index contributed by atoms with van der Waals surface area (Å²) in [4.78, 5) is 0. The fourth-order valence-electron chi connectivity index (χ4n) is 3.17. The first-order valence-electron chi connectivity index (χ1n) is 5.25. The summed E-state index contributed by atoms with van der Waals surface area (Å²) in [6, 6.07) is 0. The van der Waals surface area contributed by atoms with Gasteiger partial charge in [-0.3, -0.25) is 0 Å². The van der Waals surface area contributed by atoms with E-state index in [1.54, 1.807) is 0 Å². The van der Waals surface area contributed by atoms with Gasteiger partial charge >= 0.3 is 0 Å². The summed E-state index contributed by atoms with van der Waals surface area (Å²) in [5.41, 5.74) is 0.547. The lowest BCUT2D eigenvalue weighted by molar-refractivity contribution is 0.138. The third-order valence-corrected chi connectivity index (χ3v) is 3.82. The number of fused-ring (bicyclic) bond motifs is 1. The average Bonchev–Trinajstić information content (AvgIpc) is 2.26. The Kier molecular flexibility index (Phi) is 1.95. The molecule has 0 amide bonds. The number of rotatable bonds is 0. The zero-order chi connectivity index (χ0) is 8.77. The minimum atomic E-state index is 0.0221. The van der Waals surface area contributed by atoms with Crippen molar-refractivity contribution in [2.24, 2.45) is 17.3 Å². The second-order valence-corrected chi connectivity index (χ2v) is 5.55. The summed E-state index contributed by atoms with van der Waals surface area (Å²) in [5.74, 6) is 1.69. The van der Waals surface area contributed by atoms with Crippen LogP contribution in [-0.2, 0) is 0 Å². The first-order valence-corrected chi connectivity index (χ1v) is 5.25. The van der Waals surface area contributed by atoms with Crippen molar-refractivity contribution in [3.63, 3.8) is 0 Å². The summed E-state index contributed by atoms with van der Waals surface area (Å²) in [7, 11) is 0. The van der Waals surface area contributed by atoms with Gasteiger partial charge in [-0.15, -0.1) is 0 Å². The SMILES string of the molecule is CC1(C)CCC2CC(O)CC2C1. The van der Waals surface area contributed by atoms with Crippen LogP contribution in [0.2, 0.25) is 0 Å². The Labute approximate surface area is 75.2 Å². The second kappa shape index (κ2) is 2.73. The summed E-state index contributed by atoms with van der Waals surface area (Å²) in [6.07, 6.45) is 6.24. The van der Waals surface area contributed by atoms with Crippen molar-refractivity contribution in [3.8, 4) is 0 Å². The van der Waals surface area contributed by atoms with Gasteiger partial charge in [0.25, 0.3) is 0 Å². The monoisotopic (exact) mass is 168 g/mol. The maximum atomic E-state index is 9.53. The molecule has 0 aromatic rings. The highest BCUT2D eigenvalue weighted by Crippen LogP contribution is 2.48. The first kappa shape index (κ1) is 8.55. The van der Waals surface area contributed by atoms with Crippen molar-refractivity contribution >= 4 is 0 Å². The number of aliphatic hydroxyl groups is 1. The van der Waals surface area contributed by atoms with E-state index < -0.39 is 0 Å². The van der Waals surface area contributed by atoms with Crippen LogP contribution in [0.1, 0.15) is 46.0 Å².